The maximum absolute atomic E-state index is 12.5. The molecule has 1 aliphatic carbocycles. The van der Waals surface area contributed by atoms with Crippen LogP contribution in [0.2, 0.25) is 5.02 Å². The van der Waals surface area contributed by atoms with Gasteiger partial charge in [-0.2, -0.15) is 0 Å². The van der Waals surface area contributed by atoms with E-state index in [9.17, 15) is 13.2 Å². The Morgan fingerprint density at radius 2 is 2.00 bits per heavy atom. The van der Waals surface area contributed by atoms with Crippen LogP contribution in [0.4, 0.5) is 13.2 Å². The Balaban J connectivity index is 1.82. The van der Waals surface area contributed by atoms with Gasteiger partial charge in [0.25, 0.3) is 0 Å². The van der Waals surface area contributed by atoms with Crippen LogP contribution in [0.3, 0.4) is 0 Å². The van der Waals surface area contributed by atoms with Crippen molar-refractivity contribution in [3.63, 3.8) is 0 Å². The number of benzene rings is 1. The molecule has 1 unspecified atom stereocenters. The van der Waals surface area contributed by atoms with Gasteiger partial charge in [-0.15, -0.1) is 13.2 Å². The molecule has 1 aliphatic rings. The van der Waals surface area contributed by atoms with Crippen molar-refractivity contribution in [2.75, 3.05) is 0 Å². The van der Waals surface area contributed by atoms with E-state index in [1.165, 1.54) is 31.3 Å². The maximum atomic E-state index is 12.5. The number of aryl methyl sites for hydroxylation is 1. The van der Waals surface area contributed by atoms with E-state index in [0.717, 1.165) is 30.4 Å². The summed E-state index contributed by atoms with van der Waals surface area (Å²) in [6.07, 6.45) is 0.792. The van der Waals surface area contributed by atoms with E-state index in [0.29, 0.717) is 28.7 Å². The van der Waals surface area contributed by atoms with Crippen LogP contribution in [-0.2, 0) is 6.42 Å². The number of hydrogen-bond acceptors (Lipinski definition) is 4. The molecular formula is C20H20ClF3N4O. The highest BCUT2D eigenvalue weighted by Crippen LogP contribution is 2.44. The van der Waals surface area contributed by atoms with Crippen molar-refractivity contribution in [1.29, 1.82) is 0 Å². The molecule has 1 aromatic carbocycles. The summed E-state index contributed by atoms with van der Waals surface area (Å²) >= 11 is 6.28. The molecular weight excluding hydrogens is 405 g/mol. The predicted molar refractivity (Wildman–Crippen MR) is 104 cm³/mol. The van der Waals surface area contributed by atoms with Crippen molar-refractivity contribution in [1.82, 2.24) is 19.5 Å². The number of fused-ring (bicyclic) bond motifs is 1. The first-order valence-corrected chi connectivity index (χ1v) is 9.97. The smallest absolute Gasteiger partial charge is 0.406 e. The van der Waals surface area contributed by atoms with Gasteiger partial charge in [0.1, 0.15) is 29.1 Å². The first kappa shape index (κ1) is 19.9. The number of aromatic nitrogens is 4. The van der Waals surface area contributed by atoms with Gasteiger partial charge in [-0.05, 0) is 43.4 Å². The van der Waals surface area contributed by atoms with Gasteiger partial charge in [0.15, 0.2) is 5.65 Å². The van der Waals surface area contributed by atoms with E-state index in [4.69, 9.17) is 16.6 Å². The van der Waals surface area contributed by atoms with Crippen LogP contribution in [0.5, 0.6) is 5.75 Å². The molecule has 2 heterocycles. The Morgan fingerprint density at radius 1 is 1.24 bits per heavy atom. The lowest BCUT2D eigenvalue weighted by atomic mass is 10.1. The molecule has 2 aromatic heterocycles. The molecule has 4 rings (SSSR count). The van der Waals surface area contributed by atoms with Gasteiger partial charge < -0.3 is 9.30 Å². The molecule has 0 aliphatic heterocycles. The topological polar surface area (TPSA) is 52.8 Å². The number of hydrogen-bond donors (Lipinski definition) is 0. The standard InChI is InChI=1S/C20H20ClF3N4O/c1-3-15(11-5-6-11)28-16(4-2)27-18-17(25-10-26-19(18)28)13-8-7-12(9-14(13)21)29-20(22,23)24/h7-11,15H,3-6H2,1-2H3. The average molecular weight is 425 g/mol. The number of alkyl halides is 3. The zero-order valence-corrected chi connectivity index (χ0v) is 16.8. The Morgan fingerprint density at radius 3 is 2.59 bits per heavy atom. The second-order valence-corrected chi connectivity index (χ2v) is 7.56. The highest BCUT2D eigenvalue weighted by molar-refractivity contribution is 6.33. The SMILES string of the molecule is CCc1nc2c(-c3ccc(OC(F)(F)F)cc3Cl)ncnc2n1C(CC)C1CC1. The molecule has 0 bridgehead atoms. The van der Waals surface area contributed by atoms with E-state index >= 15 is 0 Å². The molecule has 1 saturated carbocycles. The summed E-state index contributed by atoms with van der Waals surface area (Å²) in [6.45, 7) is 4.20. The summed E-state index contributed by atoms with van der Waals surface area (Å²) in [6, 6.07) is 4.15. The minimum Gasteiger partial charge on any atom is -0.406 e. The van der Waals surface area contributed by atoms with Gasteiger partial charge in [-0.1, -0.05) is 25.4 Å². The molecule has 0 N–H and O–H groups in total. The molecule has 0 radical (unpaired) electrons. The normalized spacial score (nSPS) is 15.7. The fourth-order valence-electron chi connectivity index (χ4n) is 3.84. The third-order valence-electron chi connectivity index (χ3n) is 5.21. The zero-order chi connectivity index (χ0) is 20.8. The highest BCUT2D eigenvalue weighted by atomic mass is 35.5. The van der Waals surface area contributed by atoms with Gasteiger partial charge in [-0.25, -0.2) is 15.0 Å². The lowest BCUT2D eigenvalue weighted by Gasteiger charge is -2.19. The molecule has 9 heteroatoms. The summed E-state index contributed by atoms with van der Waals surface area (Å²) in [7, 11) is 0. The van der Waals surface area contributed by atoms with Gasteiger partial charge in [0, 0.05) is 18.0 Å². The second kappa shape index (κ2) is 7.48. The number of imidazole rings is 1. The summed E-state index contributed by atoms with van der Waals surface area (Å²) in [5.74, 6) is 1.17. The average Bonchev–Trinajstić information content (AvgIpc) is 3.42. The molecule has 0 spiro atoms. The van der Waals surface area contributed by atoms with E-state index in [1.807, 2.05) is 6.92 Å². The molecule has 29 heavy (non-hydrogen) atoms. The fraction of sp³-hybridized carbons (Fsp3) is 0.450. The highest BCUT2D eigenvalue weighted by Gasteiger charge is 2.34. The number of ether oxygens (including phenoxy) is 1. The van der Waals surface area contributed by atoms with Crippen molar-refractivity contribution >= 4 is 22.8 Å². The van der Waals surface area contributed by atoms with E-state index < -0.39 is 6.36 Å². The molecule has 3 aromatic rings. The fourth-order valence-corrected chi connectivity index (χ4v) is 4.10. The molecule has 0 amide bonds. The van der Waals surface area contributed by atoms with Crippen molar-refractivity contribution in [3.05, 3.63) is 35.4 Å². The first-order chi connectivity index (χ1) is 13.8. The van der Waals surface area contributed by atoms with Crippen molar-refractivity contribution in [2.24, 2.45) is 5.92 Å². The third kappa shape index (κ3) is 3.90. The van der Waals surface area contributed by atoms with Crippen LogP contribution >= 0.6 is 11.6 Å². The lowest BCUT2D eigenvalue weighted by Crippen LogP contribution is -2.17. The third-order valence-corrected chi connectivity index (χ3v) is 5.52. The second-order valence-electron chi connectivity index (χ2n) is 7.15. The minimum atomic E-state index is -4.78. The van der Waals surface area contributed by atoms with Crippen LogP contribution in [0.25, 0.3) is 22.4 Å². The Labute approximate surface area is 170 Å². The van der Waals surface area contributed by atoms with Gasteiger partial charge in [-0.3, -0.25) is 0 Å². The quantitative estimate of drug-likeness (QED) is 0.489. The molecule has 154 valence electrons. The lowest BCUT2D eigenvalue weighted by molar-refractivity contribution is -0.274. The maximum Gasteiger partial charge on any atom is 0.573 e. The molecule has 1 atom stereocenters. The summed E-state index contributed by atoms with van der Waals surface area (Å²) in [4.78, 5) is 13.6. The predicted octanol–water partition coefficient (Wildman–Crippen LogP) is 5.97. The van der Waals surface area contributed by atoms with E-state index in [-0.39, 0.29) is 10.8 Å². The number of halogens is 4. The molecule has 0 saturated heterocycles. The monoisotopic (exact) mass is 424 g/mol. The number of nitrogens with zero attached hydrogens (tertiary/aromatic N) is 4. The Kier molecular flexibility index (Phi) is 5.14. The van der Waals surface area contributed by atoms with Gasteiger partial charge in [0.05, 0.1) is 5.02 Å². The molecule has 1 fully saturated rings. The van der Waals surface area contributed by atoms with E-state index in [1.54, 1.807) is 0 Å². The van der Waals surface area contributed by atoms with E-state index in [2.05, 4.69) is 26.2 Å². The minimum absolute atomic E-state index is 0.105. The van der Waals surface area contributed by atoms with Gasteiger partial charge >= 0.3 is 6.36 Å². The summed E-state index contributed by atoms with van der Waals surface area (Å²) in [5.41, 5.74) is 2.32. The first-order valence-electron chi connectivity index (χ1n) is 9.59. The van der Waals surface area contributed by atoms with Gasteiger partial charge in [0.2, 0.25) is 0 Å². The Hall–Kier alpha value is -2.35. The van der Waals surface area contributed by atoms with Crippen LogP contribution in [0.1, 0.15) is 45.0 Å². The van der Waals surface area contributed by atoms with Crippen LogP contribution in [-0.4, -0.2) is 25.9 Å². The number of rotatable bonds is 6. The van der Waals surface area contributed by atoms with Crippen LogP contribution < -0.4 is 4.74 Å². The summed E-state index contributed by atoms with van der Waals surface area (Å²) in [5, 5.41) is 0.105. The Bertz CT molecular complexity index is 1050. The van der Waals surface area contributed by atoms with Crippen LogP contribution in [0, 0.1) is 5.92 Å². The van der Waals surface area contributed by atoms with Crippen LogP contribution in [0.15, 0.2) is 24.5 Å². The van der Waals surface area contributed by atoms with Crippen molar-refractivity contribution < 1.29 is 17.9 Å². The van der Waals surface area contributed by atoms with Crippen molar-refractivity contribution in [3.8, 4) is 17.0 Å². The zero-order valence-electron chi connectivity index (χ0n) is 16.0. The van der Waals surface area contributed by atoms with Crippen molar-refractivity contribution in [2.45, 2.75) is 51.9 Å². The summed E-state index contributed by atoms with van der Waals surface area (Å²) < 4.78 is 43.6. The largest absolute Gasteiger partial charge is 0.573 e. The molecule has 5 nitrogen and oxygen atoms in total.